The van der Waals surface area contributed by atoms with Crippen molar-refractivity contribution in [3.05, 3.63) is 619 Å². The minimum Gasteiger partial charge on any atom is -0.384 e. The van der Waals surface area contributed by atoms with Gasteiger partial charge in [-0.25, -0.2) is 0 Å². The highest BCUT2D eigenvalue weighted by molar-refractivity contribution is 5.52. The van der Waals surface area contributed by atoms with E-state index in [0.29, 0.717) is 0 Å². The quantitative estimate of drug-likeness (QED) is 0.0698. The van der Waals surface area contributed by atoms with Gasteiger partial charge in [0.05, 0.1) is 48.8 Å². The lowest BCUT2D eigenvalue weighted by atomic mass is 9.75. The van der Waals surface area contributed by atoms with Crippen LogP contribution in [0.5, 0.6) is 0 Å². The smallest absolute Gasteiger partial charge is 0.0972 e. The van der Waals surface area contributed by atoms with E-state index < -0.39 is 48.8 Å². The molecule has 0 radical (unpaired) electrons. The molecule has 24 bridgehead atoms. The standard InChI is InChI=1S/C132H120O8/c133-117-73-74-119(135)95-61-45-87(46-62-95)111-82-113(129(105-33-17-5-18-34-105)127(111)103-29-13-3-14-30-103)89-49-65-97(66-50-89)121(137)77-78-123(139)99-69-53-91(54-70-99)115-84-116(132(108-39-23-8-24-40-108)131(115)107-37-21-7-22-38-107)92-55-71-100(72-56-92)124(140)80-79-122(138)98-67-51-90(52-68-98)114-83-112(128(104-31-15-4-16-32-104)130(114)106-35-19-6-20-36-106)88-47-63-96(64-48-88)120(136)76-75-118(134)94-59-43-86(44-60-94)110-81-109(85-41-57-93(117)58-42-85)125(101-25-9-1-10-26-101)126(110)102-27-11-2-12-28-102/h1-80,109-140H,81-84H2/b74-73-,76-75-,78-77-,80-79-. The van der Waals surface area contributed by atoms with Crippen molar-refractivity contribution in [2.24, 2.45) is 0 Å². The maximum Gasteiger partial charge on any atom is 0.0972 e. The summed E-state index contributed by atoms with van der Waals surface area (Å²) in [6.07, 6.45) is 9.12. The Hall–Kier alpha value is -13.8. The molecule has 4 fully saturated rings. The Bertz CT molecular complexity index is 5600. The van der Waals surface area contributed by atoms with Crippen LogP contribution in [-0.4, -0.2) is 40.9 Å². The SMILES string of the molecule is OC1/C=C\C(O)c2ccc(cc2)C2CC(c3ccc(cc3)C(O)/C=C\C(O)c3ccc(cc3)C3CC(c4ccc(cc4)C(O)/C=C\C(O)c4ccc(cc4)C4CC(c5ccc(cc5)C(O)/C=C\C(O)c5ccc(cc5)C5CC(c6ccc1cc6)C(c1ccccc1)C5c1ccccc1)C(c1ccccc1)C4c1ccccc1)C(c1ccccc1)C3c1ccccc1)C(c1ccccc1)C2c1ccccc1. The number of aliphatic hydroxyl groups is 8. The van der Waals surface area contributed by atoms with E-state index in [1.54, 1.807) is 48.6 Å². The molecule has 0 amide bonds. The second-order valence-corrected chi connectivity index (χ2v) is 39.7. The van der Waals surface area contributed by atoms with Crippen molar-refractivity contribution in [3.63, 3.8) is 0 Å². The van der Waals surface area contributed by atoms with Crippen LogP contribution in [0.4, 0.5) is 0 Å². The van der Waals surface area contributed by atoms with Crippen molar-refractivity contribution >= 4 is 0 Å². The van der Waals surface area contributed by atoms with E-state index in [2.05, 4.69) is 340 Å². The molecular formula is C132H120O8. The molecule has 0 spiro atoms. The lowest BCUT2D eigenvalue weighted by Gasteiger charge is -2.29. The fourth-order valence-corrected chi connectivity index (χ4v) is 25.2. The summed E-state index contributed by atoms with van der Waals surface area (Å²) in [5.74, 6) is 1.60. The Balaban J connectivity index is 0.587. The second kappa shape index (κ2) is 42.1. The van der Waals surface area contributed by atoms with E-state index in [1.165, 1.54) is 89.0 Å². The van der Waals surface area contributed by atoms with Crippen LogP contribution in [-0.2, 0) is 0 Å². The van der Waals surface area contributed by atoms with E-state index in [1.807, 2.05) is 97.1 Å². The molecule has 8 nitrogen and oxygen atoms in total. The van der Waals surface area contributed by atoms with Crippen LogP contribution in [0.2, 0.25) is 0 Å². The van der Waals surface area contributed by atoms with Crippen molar-refractivity contribution in [2.45, 2.75) is 169 Å². The maximum atomic E-state index is 12.0. The molecule has 140 heavy (non-hydrogen) atoms. The van der Waals surface area contributed by atoms with Crippen molar-refractivity contribution in [1.29, 1.82) is 0 Å². The van der Waals surface area contributed by atoms with Gasteiger partial charge in [0.1, 0.15) is 0 Å². The molecule has 0 saturated heterocycles. The second-order valence-electron chi connectivity index (χ2n) is 39.7. The highest BCUT2D eigenvalue weighted by Gasteiger charge is 2.51. The Kier molecular flexibility index (Phi) is 27.8. The van der Waals surface area contributed by atoms with Gasteiger partial charge in [0.15, 0.2) is 0 Å². The lowest BCUT2D eigenvalue weighted by Crippen LogP contribution is -2.14. The third-order valence-corrected chi connectivity index (χ3v) is 32.1. The van der Waals surface area contributed by atoms with Crippen molar-refractivity contribution < 1.29 is 40.9 Å². The number of hydrogen-bond acceptors (Lipinski definition) is 8. The summed E-state index contributed by atoms with van der Waals surface area (Å²) < 4.78 is 0. The monoisotopic (exact) mass is 1830 g/mol. The first-order valence-corrected chi connectivity index (χ1v) is 50.1. The van der Waals surface area contributed by atoms with Crippen LogP contribution in [0, 0.1) is 0 Å². The predicted molar refractivity (Wildman–Crippen MR) is 562 cm³/mol. The van der Waals surface area contributed by atoms with E-state index in [0.717, 1.165) is 70.2 Å². The van der Waals surface area contributed by atoms with Gasteiger partial charge in [0, 0.05) is 0 Å². The van der Waals surface area contributed by atoms with Gasteiger partial charge < -0.3 is 40.9 Å². The zero-order chi connectivity index (χ0) is 95.1. The molecule has 8 heteroatoms. The first-order valence-electron chi connectivity index (χ1n) is 50.1. The fourth-order valence-electron chi connectivity index (χ4n) is 25.2. The number of benzene rings is 16. The molecule has 4 saturated carbocycles. The third kappa shape index (κ3) is 19.6. The van der Waals surface area contributed by atoms with Crippen LogP contribution >= 0.6 is 0 Å². The molecule has 16 aromatic carbocycles. The largest absolute Gasteiger partial charge is 0.384 e. The van der Waals surface area contributed by atoms with Crippen molar-refractivity contribution in [1.82, 2.24) is 0 Å². The zero-order valence-electron chi connectivity index (χ0n) is 78.5. The molecule has 0 aliphatic heterocycles. The topological polar surface area (TPSA) is 162 Å². The van der Waals surface area contributed by atoms with Crippen LogP contribution in [0.15, 0.2) is 485 Å². The number of hydrogen-bond donors (Lipinski definition) is 8. The minimum absolute atomic E-state index is 0.0987. The van der Waals surface area contributed by atoms with Gasteiger partial charge in [-0.3, -0.25) is 0 Å². The highest BCUT2D eigenvalue weighted by atomic mass is 16.3. The van der Waals surface area contributed by atoms with E-state index in [-0.39, 0.29) is 94.7 Å². The first kappa shape index (κ1) is 92.5. The summed E-state index contributed by atoms with van der Waals surface area (Å²) in [5.41, 5.74) is 25.3. The summed E-state index contributed by atoms with van der Waals surface area (Å²) in [6.45, 7) is 0. The molecule has 24 atom stereocenters. The molecule has 33 rings (SSSR count). The zero-order valence-corrected chi connectivity index (χ0v) is 78.5. The van der Waals surface area contributed by atoms with E-state index in [4.69, 9.17) is 0 Å². The predicted octanol–water partition coefficient (Wildman–Crippen LogP) is 28.6. The van der Waals surface area contributed by atoms with Gasteiger partial charge >= 0.3 is 0 Å². The summed E-state index contributed by atoms with van der Waals surface area (Å²) in [6, 6.07) is 154. The van der Waals surface area contributed by atoms with E-state index >= 15 is 0 Å². The number of aliphatic hydroxyl groups excluding tert-OH is 8. The third-order valence-electron chi connectivity index (χ3n) is 32.1. The molecular weight excluding hydrogens is 1710 g/mol. The van der Waals surface area contributed by atoms with Crippen molar-refractivity contribution in [2.75, 3.05) is 0 Å². The van der Waals surface area contributed by atoms with Gasteiger partial charge in [-0.15, -0.1) is 0 Å². The number of rotatable bonds is 8. The van der Waals surface area contributed by atoms with Gasteiger partial charge in [-0.2, -0.15) is 0 Å². The average molecular weight is 1830 g/mol. The first-order chi connectivity index (χ1) is 68.7. The molecule has 17 aliphatic carbocycles. The minimum atomic E-state index is -0.981. The summed E-state index contributed by atoms with van der Waals surface area (Å²) >= 11 is 0. The summed E-state index contributed by atoms with van der Waals surface area (Å²) in [4.78, 5) is 0. The fraction of sp³-hybridized carbons (Fsp3) is 0.212. The molecule has 17 aliphatic rings. The Morgan fingerprint density at radius 1 is 0.100 bits per heavy atom. The van der Waals surface area contributed by atoms with Gasteiger partial charge in [0.25, 0.3) is 0 Å². The molecule has 0 heterocycles. The van der Waals surface area contributed by atoms with E-state index in [9.17, 15) is 40.9 Å². The normalized spacial score (nSPS) is 28.4. The molecule has 24 unspecified atom stereocenters. The van der Waals surface area contributed by atoms with Crippen LogP contribution in [0.3, 0.4) is 0 Å². The Morgan fingerprint density at radius 2 is 0.186 bits per heavy atom. The lowest BCUT2D eigenvalue weighted by molar-refractivity contribution is 0.212. The van der Waals surface area contributed by atoms with Gasteiger partial charge in [0.2, 0.25) is 0 Å². The van der Waals surface area contributed by atoms with Crippen molar-refractivity contribution in [3.8, 4) is 0 Å². The van der Waals surface area contributed by atoms with Gasteiger partial charge in [-0.05, 0) is 254 Å². The van der Waals surface area contributed by atoms with Crippen LogP contribution in [0.1, 0.15) is 303 Å². The van der Waals surface area contributed by atoms with Gasteiger partial charge in [-0.1, -0.05) is 485 Å². The Morgan fingerprint density at radius 3 is 0.279 bits per heavy atom. The molecule has 16 aromatic rings. The van der Waals surface area contributed by atoms with Crippen LogP contribution in [0.25, 0.3) is 0 Å². The molecule has 8 N–H and O–H groups in total. The maximum absolute atomic E-state index is 12.0. The highest BCUT2D eigenvalue weighted by Crippen LogP contribution is 2.66. The van der Waals surface area contributed by atoms with Crippen LogP contribution < -0.4 is 0 Å². The molecule has 0 aromatic heterocycles. The average Bonchev–Trinajstić information content (AvgIpc) is 1.61. The summed E-state index contributed by atoms with van der Waals surface area (Å²) in [5, 5.41) is 95.8. The summed E-state index contributed by atoms with van der Waals surface area (Å²) in [7, 11) is 0. The Labute approximate surface area is 823 Å². The molecule has 696 valence electrons.